The summed E-state index contributed by atoms with van der Waals surface area (Å²) < 4.78 is 27.6. The third kappa shape index (κ3) is 7.87. The quantitative estimate of drug-likeness (QED) is 0.0909. The van der Waals surface area contributed by atoms with Gasteiger partial charge in [-0.25, -0.2) is 19.2 Å². The van der Waals surface area contributed by atoms with Gasteiger partial charge in [0.15, 0.2) is 0 Å². The Morgan fingerprint density at radius 2 is 1.41 bits per heavy atom. The maximum atomic E-state index is 14.1. The summed E-state index contributed by atoms with van der Waals surface area (Å²) in [6.07, 6.45) is 4.82. The topological polar surface area (TPSA) is 142 Å². The number of alkyl carbamates (subject to hydrolysis) is 1. The number of hydrogen-bond donors (Lipinski definition) is 2. The third-order valence-electron chi connectivity index (χ3n) is 10.6. The molecule has 0 radical (unpaired) electrons. The molecular weight excluding hydrogens is 652 g/mol. The van der Waals surface area contributed by atoms with Crippen LogP contribution in [-0.4, -0.2) is 48.4 Å². The molecule has 4 aliphatic carbocycles. The van der Waals surface area contributed by atoms with Crippen LogP contribution in [0, 0.1) is 23.2 Å². The van der Waals surface area contributed by atoms with Crippen LogP contribution in [0.15, 0.2) is 85.1 Å². The van der Waals surface area contributed by atoms with E-state index in [1.54, 1.807) is 24.4 Å². The molecule has 0 aliphatic heterocycles. The van der Waals surface area contributed by atoms with E-state index in [4.69, 9.17) is 23.7 Å². The lowest BCUT2D eigenvalue weighted by Crippen LogP contribution is -2.56. The minimum Gasteiger partial charge on any atom is -0.466 e. The zero-order chi connectivity index (χ0) is 35.4. The van der Waals surface area contributed by atoms with Gasteiger partial charge in [0.2, 0.25) is 6.10 Å². The molecule has 0 saturated heterocycles. The van der Waals surface area contributed by atoms with E-state index >= 15 is 0 Å². The summed E-state index contributed by atoms with van der Waals surface area (Å²) in [6, 6.07) is 22.3. The second kappa shape index (κ2) is 14.9. The van der Waals surface area contributed by atoms with Gasteiger partial charge < -0.3 is 34.0 Å². The average molecular weight is 695 g/mol. The normalized spacial score (nSPS) is 22.8. The van der Waals surface area contributed by atoms with Gasteiger partial charge in [-0.05, 0) is 91.2 Å². The van der Waals surface area contributed by atoms with Gasteiger partial charge >= 0.3 is 24.2 Å². The molecule has 4 saturated carbocycles. The Morgan fingerprint density at radius 3 is 2.02 bits per heavy atom. The average Bonchev–Trinajstić information content (AvgIpc) is 3.53. The maximum absolute atomic E-state index is 14.1. The van der Waals surface area contributed by atoms with Gasteiger partial charge in [0.1, 0.15) is 25.0 Å². The molecule has 2 N–H and O–H groups in total. The summed E-state index contributed by atoms with van der Waals surface area (Å²) in [5, 5.41) is 3.36. The highest BCUT2D eigenvalue weighted by Crippen LogP contribution is 2.62. The lowest BCUT2D eigenvalue weighted by Gasteiger charge is -2.58. The lowest BCUT2D eigenvalue weighted by molar-refractivity contribution is -0.192. The van der Waals surface area contributed by atoms with E-state index in [9.17, 15) is 19.2 Å². The van der Waals surface area contributed by atoms with Crippen molar-refractivity contribution in [2.75, 3.05) is 7.11 Å². The second-order valence-corrected chi connectivity index (χ2v) is 14.2. The Labute approximate surface area is 295 Å². The number of nitrogens with one attached hydrogen (secondary N) is 2. The Kier molecular flexibility index (Phi) is 9.96. The highest BCUT2D eigenvalue weighted by molar-refractivity contribution is 5.88. The fourth-order valence-corrected chi connectivity index (χ4v) is 8.78. The molecule has 1 heterocycles. The first-order valence-corrected chi connectivity index (χ1v) is 17.5. The van der Waals surface area contributed by atoms with E-state index in [-0.39, 0.29) is 25.4 Å². The first kappa shape index (κ1) is 34.1. The van der Waals surface area contributed by atoms with Crippen LogP contribution < -0.4 is 10.1 Å². The van der Waals surface area contributed by atoms with Crippen molar-refractivity contribution in [3.05, 3.63) is 102 Å². The van der Waals surface area contributed by atoms with Gasteiger partial charge in [-0.15, -0.1) is 0 Å². The number of methoxy groups -OCH3 is 1. The number of esters is 2. The molecular formula is C40H42N2O9. The fraction of sp³-hybridized carbons (Fsp3) is 0.400. The molecule has 1 amide bonds. The Morgan fingerprint density at radius 1 is 0.804 bits per heavy atom. The number of fused-ring (bicyclic) bond motifs is 1. The highest BCUT2D eigenvalue weighted by Gasteiger charge is 2.58. The summed E-state index contributed by atoms with van der Waals surface area (Å²) in [7, 11) is 1.31. The van der Waals surface area contributed by atoms with Crippen LogP contribution in [0.5, 0.6) is 5.75 Å². The number of hydrogen-bond acceptors (Lipinski definition) is 9. The van der Waals surface area contributed by atoms with Crippen LogP contribution in [0.1, 0.15) is 55.2 Å². The standard InChI is InChI=1S/C40H42N2O9/c1-47-37(44)35(40-19-27-14-28(20-40)16-29(15-27)21-40)51-36(43)34(42-38(45)48-23-25-8-4-2-5-9-25)17-30-22-41-33-13-12-31(18-32(30)33)50-39(46)49-24-26-10-6-3-7-11-26/h2-13,18,22,27-29,34-35,41H,14-17,19-21,23-24H2,1H3,(H,42,45). The zero-order valence-electron chi connectivity index (χ0n) is 28.5. The monoisotopic (exact) mass is 694 g/mol. The van der Waals surface area contributed by atoms with Gasteiger partial charge in [-0.1, -0.05) is 60.7 Å². The molecule has 4 aliphatic rings. The first-order valence-electron chi connectivity index (χ1n) is 17.5. The number of aromatic amines is 1. The van der Waals surface area contributed by atoms with Crippen LogP contribution in [0.2, 0.25) is 0 Å². The van der Waals surface area contributed by atoms with Crippen molar-refractivity contribution in [3.63, 3.8) is 0 Å². The number of rotatable bonds is 12. The van der Waals surface area contributed by atoms with Gasteiger partial charge in [0.05, 0.1) is 7.11 Å². The minimum absolute atomic E-state index is 0.000654. The molecule has 8 rings (SSSR count). The lowest BCUT2D eigenvalue weighted by atomic mass is 9.48. The smallest absolute Gasteiger partial charge is 0.466 e. The molecule has 4 fully saturated rings. The summed E-state index contributed by atoms with van der Waals surface area (Å²) in [5.41, 5.74) is 2.48. The molecule has 1 aromatic heterocycles. The molecule has 11 heteroatoms. The number of carbonyl (C=O) groups is 4. The summed E-state index contributed by atoms with van der Waals surface area (Å²) in [4.78, 5) is 56.3. The Bertz CT molecular complexity index is 1840. The molecule has 266 valence electrons. The minimum atomic E-state index is -1.21. The van der Waals surface area contributed by atoms with Gasteiger partial charge in [0, 0.05) is 28.9 Å². The second-order valence-electron chi connectivity index (χ2n) is 14.2. The number of benzene rings is 3. The Balaban J connectivity index is 1.10. The van der Waals surface area contributed by atoms with E-state index in [1.165, 1.54) is 7.11 Å². The van der Waals surface area contributed by atoms with Gasteiger partial charge in [-0.3, -0.25) is 0 Å². The van der Waals surface area contributed by atoms with Crippen molar-refractivity contribution in [1.29, 1.82) is 0 Å². The SMILES string of the molecule is COC(=O)C(OC(=O)C(Cc1c[nH]c2ccc(OC(=O)OCc3ccccc3)cc12)NC(=O)OCc1ccccc1)C12CC3CC(CC(C3)C1)C2. The van der Waals surface area contributed by atoms with Crippen LogP contribution in [-0.2, 0) is 48.2 Å². The molecule has 4 aromatic rings. The summed E-state index contributed by atoms with van der Waals surface area (Å²) >= 11 is 0. The fourth-order valence-electron chi connectivity index (χ4n) is 8.78. The van der Waals surface area contributed by atoms with Crippen molar-refractivity contribution in [2.24, 2.45) is 23.2 Å². The number of carbonyl (C=O) groups excluding carboxylic acids is 4. The molecule has 11 nitrogen and oxygen atoms in total. The summed E-state index contributed by atoms with van der Waals surface area (Å²) in [6.45, 7) is 0.0592. The molecule has 0 spiro atoms. The molecule has 3 aromatic carbocycles. The third-order valence-corrected chi connectivity index (χ3v) is 10.6. The van der Waals surface area contributed by atoms with Crippen molar-refractivity contribution >= 4 is 35.1 Å². The molecule has 2 atom stereocenters. The van der Waals surface area contributed by atoms with E-state index in [1.807, 2.05) is 60.7 Å². The van der Waals surface area contributed by atoms with Gasteiger partial charge in [-0.2, -0.15) is 0 Å². The van der Waals surface area contributed by atoms with Crippen molar-refractivity contribution < 1.29 is 42.9 Å². The van der Waals surface area contributed by atoms with E-state index in [2.05, 4.69) is 10.3 Å². The number of H-pyrrole nitrogens is 1. The molecule has 51 heavy (non-hydrogen) atoms. The number of ether oxygens (including phenoxy) is 5. The van der Waals surface area contributed by atoms with Crippen molar-refractivity contribution in [3.8, 4) is 5.75 Å². The zero-order valence-corrected chi connectivity index (χ0v) is 28.5. The predicted octanol–water partition coefficient (Wildman–Crippen LogP) is 7.02. The van der Waals surface area contributed by atoms with E-state index < -0.39 is 41.7 Å². The van der Waals surface area contributed by atoms with Crippen molar-refractivity contribution in [1.82, 2.24) is 10.3 Å². The number of aromatic nitrogens is 1. The van der Waals surface area contributed by atoms with Crippen LogP contribution in [0.3, 0.4) is 0 Å². The highest BCUT2D eigenvalue weighted by atomic mass is 16.7. The largest absolute Gasteiger partial charge is 0.514 e. The van der Waals surface area contributed by atoms with Crippen LogP contribution in [0.4, 0.5) is 9.59 Å². The Hall–Kier alpha value is -5.32. The van der Waals surface area contributed by atoms with Crippen LogP contribution >= 0.6 is 0 Å². The molecule has 4 bridgehead atoms. The summed E-state index contributed by atoms with van der Waals surface area (Å²) in [5.74, 6) is 0.405. The first-order chi connectivity index (χ1) is 24.8. The van der Waals surface area contributed by atoms with E-state index in [0.717, 1.165) is 55.2 Å². The van der Waals surface area contributed by atoms with Crippen LogP contribution in [0.25, 0.3) is 10.9 Å². The van der Waals surface area contributed by atoms with Crippen molar-refractivity contribution in [2.45, 2.75) is 70.3 Å². The predicted molar refractivity (Wildman–Crippen MR) is 185 cm³/mol. The van der Waals surface area contributed by atoms with Gasteiger partial charge in [0.25, 0.3) is 0 Å². The number of amides is 1. The maximum Gasteiger partial charge on any atom is 0.514 e. The van der Waals surface area contributed by atoms with E-state index in [0.29, 0.717) is 28.7 Å². The molecule has 2 unspecified atom stereocenters.